The molecule has 5 heteroatoms. The van der Waals surface area contributed by atoms with Gasteiger partial charge in [-0.1, -0.05) is 11.6 Å². The summed E-state index contributed by atoms with van der Waals surface area (Å²) in [5, 5.41) is 4.27. The van der Waals surface area contributed by atoms with Crippen molar-refractivity contribution in [3.63, 3.8) is 0 Å². The molecule has 1 fully saturated rings. The summed E-state index contributed by atoms with van der Waals surface area (Å²) in [6.45, 7) is 2.69. The number of hydrogen-bond donors (Lipinski definition) is 2. The van der Waals surface area contributed by atoms with E-state index < -0.39 is 0 Å². The lowest BCUT2D eigenvalue weighted by Gasteiger charge is -2.30. The average Bonchev–Trinajstić information content (AvgIpc) is 2.66. The summed E-state index contributed by atoms with van der Waals surface area (Å²) in [5.74, 6) is 0. The number of halogens is 2. The van der Waals surface area contributed by atoms with Crippen LogP contribution in [0, 0.1) is 0 Å². The third-order valence-electron chi connectivity index (χ3n) is 3.26. The van der Waals surface area contributed by atoms with E-state index >= 15 is 0 Å². The first kappa shape index (κ1) is 13.1. The van der Waals surface area contributed by atoms with Gasteiger partial charge in [0.15, 0.2) is 0 Å². The van der Waals surface area contributed by atoms with Gasteiger partial charge >= 0.3 is 0 Å². The predicted molar refractivity (Wildman–Crippen MR) is 76.7 cm³/mol. The van der Waals surface area contributed by atoms with Crippen LogP contribution < -0.4 is 11.1 Å². The fourth-order valence-corrected chi connectivity index (χ4v) is 2.78. The molecule has 1 atom stereocenters. The molecule has 1 aromatic rings. The highest BCUT2D eigenvalue weighted by atomic mass is 79.9. The third-order valence-corrected chi connectivity index (χ3v) is 4.48. The van der Waals surface area contributed by atoms with Crippen molar-refractivity contribution in [1.82, 2.24) is 4.90 Å². The monoisotopic (exact) mass is 317 g/mol. The Kier molecular flexibility index (Phi) is 3.98. The molecule has 1 unspecified atom stereocenters. The zero-order valence-electron chi connectivity index (χ0n) is 9.84. The van der Waals surface area contributed by atoms with E-state index in [9.17, 15) is 0 Å². The van der Waals surface area contributed by atoms with Crippen molar-refractivity contribution in [2.75, 3.05) is 32.0 Å². The quantitative estimate of drug-likeness (QED) is 0.900. The second-order valence-electron chi connectivity index (χ2n) is 4.73. The number of nitrogens with one attached hydrogen (secondary N) is 1. The molecule has 0 spiro atoms. The van der Waals surface area contributed by atoms with E-state index in [1.807, 2.05) is 18.2 Å². The number of anilines is 1. The molecule has 0 bridgehead atoms. The van der Waals surface area contributed by atoms with Crippen molar-refractivity contribution in [3.05, 3.63) is 27.7 Å². The first-order valence-electron chi connectivity index (χ1n) is 5.66. The topological polar surface area (TPSA) is 41.3 Å². The maximum atomic E-state index is 5.98. The Hall–Kier alpha value is -0.290. The summed E-state index contributed by atoms with van der Waals surface area (Å²) in [4.78, 5) is 2.30. The Morgan fingerprint density at radius 2 is 2.35 bits per heavy atom. The zero-order chi connectivity index (χ0) is 12.5. The van der Waals surface area contributed by atoms with Crippen LogP contribution in [0.3, 0.4) is 0 Å². The molecule has 0 aromatic heterocycles. The van der Waals surface area contributed by atoms with Crippen LogP contribution in [0.2, 0.25) is 5.02 Å². The van der Waals surface area contributed by atoms with Crippen molar-refractivity contribution >= 4 is 33.2 Å². The molecule has 94 valence electrons. The van der Waals surface area contributed by atoms with Crippen LogP contribution in [0.5, 0.6) is 0 Å². The molecule has 1 aliphatic heterocycles. The number of nitrogens with two attached hydrogens (primary N) is 1. The number of hydrogen-bond acceptors (Lipinski definition) is 3. The molecule has 3 N–H and O–H groups in total. The number of rotatable bonds is 3. The molecule has 1 saturated heterocycles. The Balaban J connectivity index is 2.16. The van der Waals surface area contributed by atoms with Gasteiger partial charge in [-0.3, -0.25) is 0 Å². The first-order chi connectivity index (χ1) is 8.04. The zero-order valence-corrected chi connectivity index (χ0v) is 12.2. The van der Waals surface area contributed by atoms with Gasteiger partial charge in [0.05, 0.1) is 10.6 Å². The van der Waals surface area contributed by atoms with Crippen LogP contribution >= 0.6 is 27.5 Å². The summed E-state index contributed by atoms with van der Waals surface area (Å²) >= 11 is 9.41. The lowest BCUT2D eigenvalue weighted by atomic mass is 9.98. The van der Waals surface area contributed by atoms with Crippen molar-refractivity contribution in [3.8, 4) is 0 Å². The van der Waals surface area contributed by atoms with Crippen LogP contribution in [-0.4, -0.2) is 37.1 Å². The smallest absolute Gasteiger partial charge is 0.0634 e. The van der Waals surface area contributed by atoms with Crippen LogP contribution in [0.25, 0.3) is 0 Å². The summed E-state index contributed by atoms with van der Waals surface area (Å²) in [6.07, 6.45) is 1.07. The molecule has 2 rings (SSSR count). The van der Waals surface area contributed by atoms with E-state index in [-0.39, 0.29) is 5.54 Å². The molecule has 0 radical (unpaired) electrons. The molecule has 0 aliphatic carbocycles. The van der Waals surface area contributed by atoms with Gasteiger partial charge in [0.1, 0.15) is 0 Å². The average molecular weight is 319 g/mol. The maximum Gasteiger partial charge on any atom is 0.0634 e. The Labute approximate surface area is 115 Å². The minimum atomic E-state index is -0.0119. The maximum absolute atomic E-state index is 5.98. The number of nitrogens with zero attached hydrogens (tertiary/aromatic N) is 1. The molecule has 3 nitrogen and oxygen atoms in total. The minimum Gasteiger partial charge on any atom is -0.377 e. The number of likely N-dealkylation sites (tertiary alicyclic amines) is 1. The van der Waals surface area contributed by atoms with Gasteiger partial charge < -0.3 is 16.0 Å². The summed E-state index contributed by atoms with van der Waals surface area (Å²) in [6, 6.07) is 5.87. The second kappa shape index (κ2) is 5.14. The van der Waals surface area contributed by atoms with E-state index in [1.165, 1.54) is 0 Å². The third kappa shape index (κ3) is 2.94. The van der Waals surface area contributed by atoms with Gasteiger partial charge in [-0.2, -0.15) is 0 Å². The molecule has 0 saturated carbocycles. The second-order valence-corrected chi connectivity index (χ2v) is 5.99. The van der Waals surface area contributed by atoms with Crippen molar-refractivity contribution in [2.45, 2.75) is 12.0 Å². The lowest BCUT2D eigenvalue weighted by molar-refractivity contribution is 0.385. The van der Waals surface area contributed by atoms with Gasteiger partial charge in [-0.25, -0.2) is 0 Å². The lowest BCUT2D eigenvalue weighted by Crippen LogP contribution is -2.47. The summed E-state index contributed by atoms with van der Waals surface area (Å²) in [5.41, 5.74) is 6.97. The van der Waals surface area contributed by atoms with Gasteiger partial charge in [0.25, 0.3) is 0 Å². The highest BCUT2D eigenvalue weighted by molar-refractivity contribution is 9.10. The highest BCUT2D eigenvalue weighted by Gasteiger charge is 2.35. The largest absolute Gasteiger partial charge is 0.377 e. The molecular formula is C12H17BrClN3. The summed E-state index contributed by atoms with van der Waals surface area (Å²) < 4.78 is 0.905. The fourth-order valence-electron chi connectivity index (χ4n) is 2.28. The standard InChI is InChI=1S/C12H17BrClN3/c1-17-5-4-12(7-15,8-17)16-9-2-3-11(14)10(13)6-9/h2-3,6,16H,4-5,7-8,15H2,1H3. The Morgan fingerprint density at radius 1 is 1.59 bits per heavy atom. The minimum absolute atomic E-state index is 0.0119. The molecule has 0 amide bonds. The van der Waals surface area contributed by atoms with E-state index in [4.69, 9.17) is 17.3 Å². The van der Waals surface area contributed by atoms with Crippen LogP contribution in [-0.2, 0) is 0 Å². The molecule has 1 aliphatic rings. The van der Waals surface area contributed by atoms with E-state index in [2.05, 4.69) is 33.2 Å². The van der Waals surface area contributed by atoms with Crippen molar-refractivity contribution in [1.29, 1.82) is 0 Å². The van der Waals surface area contributed by atoms with Gasteiger partial charge in [0.2, 0.25) is 0 Å². The molecule has 1 aromatic carbocycles. The normalized spacial score (nSPS) is 25.2. The Morgan fingerprint density at radius 3 is 2.88 bits per heavy atom. The summed E-state index contributed by atoms with van der Waals surface area (Å²) in [7, 11) is 2.12. The van der Waals surface area contributed by atoms with Gasteiger partial charge in [-0.05, 0) is 47.6 Å². The molecule has 17 heavy (non-hydrogen) atoms. The van der Waals surface area contributed by atoms with Crippen LogP contribution in [0.4, 0.5) is 5.69 Å². The van der Waals surface area contributed by atoms with Crippen molar-refractivity contribution in [2.24, 2.45) is 5.73 Å². The van der Waals surface area contributed by atoms with E-state index in [0.29, 0.717) is 6.54 Å². The van der Waals surface area contributed by atoms with Crippen molar-refractivity contribution < 1.29 is 0 Å². The molecular weight excluding hydrogens is 302 g/mol. The highest BCUT2D eigenvalue weighted by Crippen LogP contribution is 2.29. The van der Waals surface area contributed by atoms with E-state index in [0.717, 1.165) is 34.7 Å². The first-order valence-corrected chi connectivity index (χ1v) is 6.84. The number of likely N-dealkylation sites (N-methyl/N-ethyl adjacent to an activating group) is 1. The predicted octanol–water partition coefficient (Wildman–Crippen LogP) is 2.55. The van der Waals surface area contributed by atoms with E-state index in [1.54, 1.807) is 0 Å². The molecule has 1 heterocycles. The fraction of sp³-hybridized carbons (Fsp3) is 0.500. The van der Waals surface area contributed by atoms with Crippen LogP contribution in [0.1, 0.15) is 6.42 Å². The van der Waals surface area contributed by atoms with Gasteiger partial charge in [0, 0.05) is 29.8 Å². The Bertz CT molecular complexity index is 413. The van der Waals surface area contributed by atoms with Gasteiger partial charge in [-0.15, -0.1) is 0 Å². The number of benzene rings is 1. The SMILES string of the molecule is CN1CCC(CN)(Nc2ccc(Cl)c(Br)c2)C1. The van der Waals surface area contributed by atoms with Crippen LogP contribution in [0.15, 0.2) is 22.7 Å².